The molecule has 0 aromatic heterocycles. The largest absolute Gasteiger partial charge is 0.330 e. The number of halogens is 2. The maximum absolute atomic E-state index is 13.8. The highest BCUT2D eigenvalue weighted by Crippen LogP contribution is 2.25. The minimum atomic E-state index is -0.156. The standard InChI is InChI=1S/C19H18FN.ClH/c20-19-8-4-3-7-17(19)12-18(13-21)16-10-9-14-5-1-2-6-15(14)11-16;/h1-11,18H,12-13,21H2;1H. The van der Waals surface area contributed by atoms with Crippen molar-refractivity contribution in [2.45, 2.75) is 12.3 Å². The fourth-order valence-corrected chi connectivity index (χ4v) is 2.73. The van der Waals surface area contributed by atoms with E-state index in [1.54, 1.807) is 6.07 Å². The Morgan fingerprint density at radius 2 is 1.55 bits per heavy atom. The first kappa shape index (κ1) is 16.5. The molecule has 1 atom stereocenters. The van der Waals surface area contributed by atoms with Crippen molar-refractivity contribution < 1.29 is 4.39 Å². The monoisotopic (exact) mass is 315 g/mol. The molecule has 0 spiro atoms. The summed E-state index contributed by atoms with van der Waals surface area (Å²) < 4.78 is 13.8. The topological polar surface area (TPSA) is 26.0 Å². The Morgan fingerprint density at radius 1 is 0.864 bits per heavy atom. The van der Waals surface area contributed by atoms with Crippen LogP contribution in [0.25, 0.3) is 10.8 Å². The molecule has 0 radical (unpaired) electrons. The van der Waals surface area contributed by atoms with Crippen LogP contribution < -0.4 is 5.73 Å². The highest BCUT2D eigenvalue weighted by atomic mass is 35.5. The Morgan fingerprint density at radius 3 is 2.27 bits per heavy atom. The van der Waals surface area contributed by atoms with Crippen LogP contribution in [0.1, 0.15) is 17.0 Å². The summed E-state index contributed by atoms with van der Waals surface area (Å²) in [5, 5.41) is 2.41. The van der Waals surface area contributed by atoms with Gasteiger partial charge >= 0.3 is 0 Å². The second-order valence-electron chi connectivity index (χ2n) is 5.33. The quantitative estimate of drug-likeness (QED) is 0.743. The van der Waals surface area contributed by atoms with Crippen molar-refractivity contribution in [3.63, 3.8) is 0 Å². The molecule has 3 heteroatoms. The SMILES string of the molecule is Cl.NCC(Cc1ccccc1F)c1ccc2ccccc2c1. The van der Waals surface area contributed by atoms with Gasteiger partial charge < -0.3 is 5.73 Å². The smallest absolute Gasteiger partial charge is 0.126 e. The third-order valence-corrected chi connectivity index (χ3v) is 3.95. The van der Waals surface area contributed by atoms with Crippen molar-refractivity contribution in [1.82, 2.24) is 0 Å². The molecule has 1 unspecified atom stereocenters. The average molecular weight is 316 g/mol. The zero-order valence-electron chi connectivity index (χ0n) is 12.2. The van der Waals surface area contributed by atoms with Gasteiger partial charge in [0.1, 0.15) is 5.82 Å². The second-order valence-corrected chi connectivity index (χ2v) is 5.33. The Hall–Kier alpha value is -1.90. The third-order valence-electron chi connectivity index (χ3n) is 3.95. The number of nitrogens with two attached hydrogens (primary N) is 1. The van der Waals surface area contributed by atoms with Crippen molar-refractivity contribution in [2.24, 2.45) is 5.73 Å². The van der Waals surface area contributed by atoms with E-state index >= 15 is 0 Å². The summed E-state index contributed by atoms with van der Waals surface area (Å²) in [6.45, 7) is 0.507. The van der Waals surface area contributed by atoms with Crippen molar-refractivity contribution in [2.75, 3.05) is 6.54 Å². The van der Waals surface area contributed by atoms with Crippen LogP contribution in [-0.2, 0) is 6.42 Å². The lowest BCUT2D eigenvalue weighted by atomic mass is 9.90. The number of benzene rings is 3. The average Bonchev–Trinajstić information content (AvgIpc) is 2.54. The van der Waals surface area contributed by atoms with E-state index in [0.717, 1.165) is 5.56 Å². The molecule has 2 N–H and O–H groups in total. The van der Waals surface area contributed by atoms with Gasteiger partial charge in [0.15, 0.2) is 0 Å². The first-order valence-corrected chi connectivity index (χ1v) is 7.20. The van der Waals surface area contributed by atoms with E-state index in [2.05, 4.69) is 30.3 Å². The summed E-state index contributed by atoms with van der Waals surface area (Å²) in [6, 6.07) is 21.5. The van der Waals surface area contributed by atoms with Gasteiger partial charge in [-0.05, 0) is 40.9 Å². The van der Waals surface area contributed by atoms with E-state index in [1.807, 2.05) is 24.3 Å². The van der Waals surface area contributed by atoms with Gasteiger partial charge in [-0.15, -0.1) is 12.4 Å². The lowest BCUT2D eigenvalue weighted by molar-refractivity contribution is 0.590. The van der Waals surface area contributed by atoms with Crippen molar-refractivity contribution >= 4 is 23.2 Å². The molecular formula is C19H19ClFN. The molecule has 0 saturated carbocycles. The van der Waals surface area contributed by atoms with Crippen molar-refractivity contribution in [3.8, 4) is 0 Å². The Bertz CT molecular complexity index is 757. The van der Waals surface area contributed by atoms with E-state index in [4.69, 9.17) is 5.73 Å². The Labute approximate surface area is 136 Å². The van der Waals surface area contributed by atoms with Crippen LogP contribution in [0, 0.1) is 5.82 Å². The van der Waals surface area contributed by atoms with E-state index < -0.39 is 0 Å². The fraction of sp³-hybridized carbons (Fsp3) is 0.158. The summed E-state index contributed by atoms with van der Waals surface area (Å²) >= 11 is 0. The van der Waals surface area contributed by atoms with E-state index in [9.17, 15) is 4.39 Å². The van der Waals surface area contributed by atoms with Gasteiger partial charge in [-0.3, -0.25) is 0 Å². The highest BCUT2D eigenvalue weighted by Gasteiger charge is 2.13. The van der Waals surface area contributed by atoms with Gasteiger partial charge in [0.25, 0.3) is 0 Å². The molecule has 114 valence electrons. The zero-order valence-corrected chi connectivity index (χ0v) is 13.0. The third kappa shape index (κ3) is 3.46. The van der Waals surface area contributed by atoms with Crippen molar-refractivity contribution in [1.29, 1.82) is 0 Å². The summed E-state index contributed by atoms with van der Waals surface area (Å²) in [5.41, 5.74) is 7.81. The van der Waals surface area contributed by atoms with Gasteiger partial charge in [-0.1, -0.05) is 60.7 Å². The number of hydrogen-bond donors (Lipinski definition) is 1. The molecule has 0 aliphatic carbocycles. The predicted molar refractivity (Wildman–Crippen MR) is 93.1 cm³/mol. The first-order valence-electron chi connectivity index (χ1n) is 7.20. The molecule has 0 saturated heterocycles. The van der Waals surface area contributed by atoms with E-state index in [0.29, 0.717) is 13.0 Å². The summed E-state index contributed by atoms with van der Waals surface area (Å²) in [6.07, 6.45) is 0.627. The molecule has 3 aromatic carbocycles. The Balaban J connectivity index is 0.00000176. The van der Waals surface area contributed by atoms with Crippen LogP contribution in [-0.4, -0.2) is 6.54 Å². The molecule has 0 amide bonds. The maximum Gasteiger partial charge on any atom is 0.126 e. The van der Waals surface area contributed by atoms with Crippen LogP contribution in [0.2, 0.25) is 0 Å². The van der Waals surface area contributed by atoms with Gasteiger partial charge in [0.2, 0.25) is 0 Å². The molecule has 0 fully saturated rings. The number of fused-ring (bicyclic) bond motifs is 1. The highest BCUT2D eigenvalue weighted by molar-refractivity contribution is 5.85. The van der Waals surface area contributed by atoms with Gasteiger partial charge in [-0.25, -0.2) is 4.39 Å². The predicted octanol–water partition coefficient (Wildman–Crippen LogP) is 4.69. The minimum Gasteiger partial charge on any atom is -0.330 e. The van der Waals surface area contributed by atoms with Crippen LogP contribution in [0.5, 0.6) is 0 Å². The van der Waals surface area contributed by atoms with Gasteiger partial charge in [0, 0.05) is 5.92 Å². The molecular weight excluding hydrogens is 297 g/mol. The fourth-order valence-electron chi connectivity index (χ4n) is 2.73. The lowest BCUT2D eigenvalue weighted by Gasteiger charge is -2.16. The van der Waals surface area contributed by atoms with Gasteiger partial charge in [0.05, 0.1) is 0 Å². The van der Waals surface area contributed by atoms with Crippen LogP contribution in [0.4, 0.5) is 4.39 Å². The van der Waals surface area contributed by atoms with Crippen molar-refractivity contribution in [3.05, 3.63) is 83.7 Å². The second kappa shape index (κ2) is 7.39. The minimum absolute atomic E-state index is 0. The molecule has 0 heterocycles. The lowest BCUT2D eigenvalue weighted by Crippen LogP contribution is -2.15. The molecule has 3 rings (SSSR count). The van der Waals surface area contributed by atoms with Crippen LogP contribution >= 0.6 is 12.4 Å². The molecule has 0 bridgehead atoms. The number of hydrogen-bond acceptors (Lipinski definition) is 1. The normalized spacial score (nSPS) is 11.9. The van der Waals surface area contributed by atoms with Crippen LogP contribution in [0.15, 0.2) is 66.7 Å². The molecule has 22 heavy (non-hydrogen) atoms. The van der Waals surface area contributed by atoms with E-state index in [1.165, 1.54) is 22.4 Å². The number of rotatable bonds is 4. The molecule has 1 nitrogen and oxygen atoms in total. The summed E-state index contributed by atoms with van der Waals surface area (Å²) in [4.78, 5) is 0. The zero-order chi connectivity index (χ0) is 14.7. The summed E-state index contributed by atoms with van der Waals surface area (Å²) in [5.74, 6) is -0.0248. The maximum atomic E-state index is 13.8. The first-order chi connectivity index (χ1) is 10.3. The molecule has 0 aliphatic heterocycles. The molecule has 3 aromatic rings. The van der Waals surface area contributed by atoms with Gasteiger partial charge in [-0.2, -0.15) is 0 Å². The molecule has 0 aliphatic rings. The van der Waals surface area contributed by atoms with E-state index in [-0.39, 0.29) is 24.1 Å². The van der Waals surface area contributed by atoms with Crippen LogP contribution in [0.3, 0.4) is 0 Å². The summed E-state index contributed by atoms with van der Waals surface area (Å²) in [7, 11) is 0. The Kier molecular flexibility index (Phi) is 5.53.